The Balaban J connectivity index is 0.952. The highest BCUT2D eigenvalue weighted by Gasteiger charge is 2.37. The summed E-state index contributed by atoms with van der Waals surface area (Å²) in [5.74, 6) is -10.4. The maximum absolute atomic E-state index is 15.5. The van der Waals surface area contributed by atoms with Gasteiger partial charge in [0.15, 0.2) is 0 Å². The molecule has 28 heteroatoms. The molecule has 4 aromatic heterocycles. The van der Waals surface area contributed by atoms with Crippen molar-refractivity contribution in [1.82, 2.24) is 62.5 Å². The molecule has 0 radical (unpaired) electrons. The van der Waals surface area contributed by atoms with Crippen LogP contribution in [-0.2, 0) is 86.5 Å². The Kier molecular flexibility index (Phi) is 23.2. The molecule has 524 valence electrons. The minimum Gasteiger partial charge on any atom is -0.508 e. The highest BCUT2D eigenvalue weighted by Crippen LogP contribution is 2.25. The summed E-state index contributed by atoms with van der Waals surface area (Å²) in [6.07, 6.45) is 4.20. The lowest BCUT2D eigenvalue weighted by Crippen LogP contribution is -2.61. The van der Waals surface area contributed by atoms with Gasteiger partial charge in [-0.3, -0.25) is 47.9 Å². The summed E-state index contributed by atoms with van der Waals surface area (Å²) < 4.78 is 0. The van der Waals surface area contributed by atoms with E-state index in [0.717, 1.165) is 0 Å². The van der Waals surface area contributed by atoms with Crippen molar-refractivity contribution in [2.24, 2.45) is 5.73 Å². The molecule has 0 aliphatic heterocycles. The van der Waals surface area contributed by atoms with Gasteiger partial charge in [0.2, 0.25) is 47.3 Å². The van der Waals surface area contributed by atoms with Crippen molar-refractivity contribution in [3.05, 3.63) is 204 Å². The smallest absolute Gasteiger partial charge is 0.325 e. The summed E-state index contributed by atoms with van der Waals surface area (Å²) in [5.41, 5.74) is 12.1. The Morgan fingerprint density at radius 1 is 0.366 bits per heavy atom. The van der Waals surface area contributed by atoms with E-state index in [1.807, 2.05) is 0 Å². The summed E-state index contributed by atoms with van der Waals surface area (Å²) in [7, 11) is 0. The van der Waals surface area contributed by atoms with Crippen LogP contribution in [0.15, 0.2) is 170 Å². The lowest BCUT2D eigenvalue weighted by Gasteiger charge is -2.28. The van der Waals surface area contributed by atoms with E-state index in [0.29, 0.717) is 77.0 Å². The van der Waals surface area contributed by atoms with E-state index >= 15 is 14.4 Å². The number of rotatable bonds is 33. The Labute approximate surface area is 576 Å². The van der Waals surface area contributed by atoms with Gasteiger partial charge in [-0.1, -0.05) is 97.1 Å². The zero-order valence-electron chi connectivity index (χ0n) is 54.6. The summed E-state index contributed by atoms with van der Waals surface area (Å²) in [4.78, 5) is 154. The second-order valence-corrected chi connectivity index (χ2v) is 24.7. The van der Waals surface area contributed by atoms with Crippen molar-refractivity contribution in [2.75, 3.05) is 6.61 Å². The number of aliphatic carboxylic acids is 2. The minimum absolute atomic E-state index is 0.0220. The van der Waals surface area contributed by atoms with Crippen molar-refractivity contribution in [3.63, 3.8) is 0 Å². The first-order valence-corrected chi connectivity index (χ1v) is 32.6. The van der Waals surface area contributed by atoms with Gasteiger partial charge in [0, 0.05) is 107 Å². The lowest BCUT2D eigenvalue weighted by molar-refractivity contribution is -0.142. The SMILES string of the molecule is C[C@H](NC(=O)[C@H](Cc1c[nH]c2ccccc12)NC(=O)[C@H](CO)NC(=O)[C@H](Cc1c[nH]c2ccccc12)NC(=O)[C@H](Cc1ccc(O)cc1)NC(=O)[C@H](Cc1c[nH]c2ccccc12)NC(=O)[C@H](Cc1c[nH]c2ccccc12)NC(=O)[C@H](CCC(=O)O)NC(=O)[C@@H](N)Cc1ccc(O)cc1)C(=O)O. The van der Waals surface area contributed by atoms with Crippen LogP contribution in [0.1, 0.15) is 53.1 Å². The molecule has 0 saturated heterocycles. The molecule has 101 heavy (non-hydrogen) atoms. The summed E-state index contributed by atoms with van der Waals surface area (Å²) in [6, 6.07) is 26.3. The number of phenols is 2. The number of aliphatic hydroxyl groups excluding tert-OH is 1. The highest BCUT2D eigenvalue weighted by molar-refractivity contribution is 6.00. The maximum Gasteiger partial charge on any atom is 0.325 e. The Morgan fingerprint density at radius 2 is 0.653 bits per heavy atom. The molecule has 0 aliphatic rings. The molecule has 0 bridgehead atoms. The monoisotopic (exact) mass is 1380 g/mol. The molecule has 9 atom stereocenters. The van der Waals surface area contributed by atoms with Crippen molar-refractivity contribution >= 4 is 103 Å². The van der Waals surface area contributed by atoms with Crippen LogP contribution in [0.5, 0.6) is 11.5 Å². The zero-order chi connectivity index (χ0) is 71.9. The molecule has 28 nitrogen and oxygen atoms in total. The Hall–Kier alpha value is -12.3. The summed E-state index contributed by atoms with van der Waals surface area (Å²) in [6.45, 7) is 0.199. The molecule has 0 aliphatic carbocycles. The van der Waals surface area contributed by atoms with Crippen molar-refractivity contribution in [1.29, 1.82) is 0 Å². The van der Waals surface area contributed by atoms with Crippen molar-refractivity contribution < 1.29 is 73.5 Å². The molecule has 6 aromatic carbocycles. The number of carboxylic acids is 2. The highest BCUT2D eigenvalue weighted by atomic mass is 16.4. The summed E-state index contributed by atoms with van der Waals surface area (Å²) in [5, 5.41) is 74.3. The molecule has 0 fully saturated rings. The van der Waals surface area contributed by atoms with E-state index in [1.54, 1.807) is 134 Å². The third kappa shape index (κ3) is 18.5. The van der Waals surface area contributed by atoms with Crippen molar-refractivity contribution in [2.45, 2.75) is 113 Å². The fraction of sp³-hybridized carbons (Fsp3) is 0.260. The number of aliphatic hydroxyl groups is 1. The topological polar surface area (TPSA) is 457 Å². The number of hydrogen-bond donors (Lipinski definition) is 18. The van der Waals surface area contributed by atoms with Gasteiger partial charge in [-0.05, 0) is 102 Å². The van der Waals surface area contributed by atoms with Gasteiger partial charge in [0.1, 0.15) is 59.8 Å². The van der Waals surface area contributed by atoms with Crippen LogP contribution in [0, 0.1) is 0 Å². The van der Waals surface area contributed by atoms with Crippen LogP contribution >= 0.6 is 0 Å². The first-order chi connectivity index (χ1) is 48.6. The van der Waals surface area contributed by atoms with Crippen LogP contribution in [0.25, 0.3) is 43.6 Å². The fourth-order valence-corrected chi connectivity index (χ4v) is 12.0. The third-order valence-electron chi connectivity index (χ3n) is 17.5. The van der Waals surface area contributed by atoms with Crippen LogP contribution in [0.4, 0.5) is 0 Å². The van der Waals surface area contributed by atoms with Crippen LogP contribution in [0.2, 0.25) is 0 Å². The Morgan fingerprint density at radius 3 is 0.990 bits per heavy atom. The van der Waals surface area contributed by atoms with Gasteiger partial charge in [0.05, 0.1) is 12.6 Å². The zero-order valence-corrected chi connectivity index (χ0v) is 54.6. The number of carboxylic acid groups (broad SMARTS) is 2. The molecule has 19 N–H and O–H groups in total. The normalized spacial score (nSPS) is 14.0. The average Bonchev–Trinajstić information content (AvgIpc) is 1.74. The number of fused-ring (bicyclic) bond motifs is 4. The number of amides is 8. The van der Waals surface area contributed by atoms with Gasteiger partial charge in [0.25, 0.3) is 0 Å². The molecule has 0 unspecified atom stereocenters. The van der Waals surface area contributed by atoms with Gasteiger partial charge >= 0.3 is 11.9 Å². The van der Waals surface area contributed by atoms with Crippen LogP contribution in [0.3, 0.4) is 0 Å². The number of aromatic nitrogens is 4. The average molecular weight is 1380 g/mol. The predicted molar refractivity (Wildman–Crippen MR) is 372 cm³/mol. The van der Waals surface area contributed by atoms with Crippen molar-refractivity contribution in [3.8, 4) is 11.5 Å². The molecular formula is C73H77N13O15. The molecule has 0 saturated carbocycles. The van der Waals surface area contributed by atoms with E-state index < -0.39 is 133 Å². The van der Waals surface area contributed by atoms with E-state index in [4.69, 9.17) is 5.73 Å². The fourth-order valence-electron chi connectivity index (χ4n) is 12.0. The number of aromatic amines is 4. The number of nitrogens with one attached hydrogen (secondary N) is 12. The van der Waals surface area contributed by atoms with E-state index in [2.05, 4.69) is 62.5 Å². The largest absolute Gasteiger partial charge is 0.508 e. The van der Waals surface area contributed by atoms with Gasteiger partial charge < -0.3 is 93.7 Å². The standard InChI is InChI=1S/C73H77N13O15/c1-39(73(100)101)79-67(94)59(30-42-34-75-53-14-6-2-10-48(42)53)85-72(99)63(38-87)86-71(98)62(33-45-37-78-56-17-9-5-13-51(45)56)83-68(95)58(29-41-20-24-47(89)25-21-41)81-69(96)61(32-44-36-77-55-16-8-4-12-50(44)55)84-70(97)60(31-43-35-76-54-15-7-3-11-49(43)54)82-66(93)57(26-27-64(90)91)80-65(92)52(74)28-40-18-22-46(88)23-19-40/h2-25,34-37,39,52,57-63,75-78,87-89H,26-33,38,74H2,1H3,(H,79,94)(H,80,92)(H,81,96)(H,82,93)(H,83,95)(H,84,97)(H,85,99)(H,86,98)(H,90,91)(H,100,101)/t39-,52-,57-,58-,59-,60-,61-,62-,63-/m0/s1. The number of H-pyrrole nitrogens is 4. The number of hydrogen-bond acceptors (Lipinski definition) is 14. The first-order valence-electron chi connectivity index (χ1n) is 32.6. The number of carbonyl (C=O) groups is 10. The number of para-hydroxylation sites is 4. The number of aromatic hydroxyl groups is 2. The summed E-state index contributed by atoms with van der Waals surface area (Å²) >= 11 is 0. The first kappa shape index (κ1) is 71.5. The number of carbonyl (C=O) groups excluding carboxylic acids is 8. The van der Waals surface area contributed by atoms with E-state index in [-0.39, 0.29) is 50.0 Å². The molecule has 10 rings (SSSR count). The van der Waals surface area contributed by atoms with E-state index in [1.165, 1.54) is 43.3 Å². The predicted octanol–water partition coefficient (Wildman–Crippen LogP) is 2.95. The van der Waals surface area contributed by atoms with E-state index in [9.17, 15) is 59.1 Å². The van der Waals surface area contributed by atoms with Gasteiger partial charge in [-0.15, -0.1) is 0 Å². The lowest BCUT2D eigenvalue weighted by atomic mass is 9.99. The second kappa shape index (κ2) is 32.8. The second-order valence-electron chi connectivity index (χ2n) is 24.7. The molecular weight excluding hydrogens is 1300 g/mol. The Bertz CT molecular complexity index is 4660. The minimum atomic E-state index is -1.79. The molecule has 10 aromatic rings. The van der Waals surface area contributed by atoms with Crippen LogP contribution in [-0.4, -0.2) is 166 Å². The quantitative estimate of drug-likeness (QED) is 0.0281. The number of benzene rings is 6. The molecule has 4 heterocycles. The number of phenolic OH excluding ortho intramolecular Hbond substituents is 2. The number of nitrogens with two attached hydrogens (primary N) is 1. The molecule has 8 amide bonds. The third-order valence-corrected chi connectivity index (χ3v) is 17.5. The molecule has 0 spiro atoms. The maximum atomic E-state index is 15.5. The van der Waals surface area contributed by atoms with Gasteiger partial charge in [-0.2, -0.15) is 0 Å². The van der Waals surface area contributed by atoms with Gasteiger partial charge in [-0.25, -0.2) is 0 Å². The van der Waals surface area contributed by atoms with Crippen LogP contribution < -0.4 is 48.3 Å².